The average Bonchev–Trinajstić information content (AvgIpc) is 2.68. The van der Waals surface area contributed by atoms with E-state index in [0.29, 0.717) is 12.0 Å². The molecule has 2 atom stereocenters. The van der Waals surface area contributed by atoms with Gasteiger partial charge >= 0.3 is 6.03 Å². The van der Waals surface area contributed by atoms with E-state index in [1.54, 1.807) is 13.8 Å². The molecule has 0 aromatic rings. The van der Waals surface area contributed by atoms with Crippen molar-refractivity contribution in [3.63, 3.8) is 0 Å². The predicted molar refractivity (Wildman–Crippen MR) is 132 cm³/mol. The maximum absolute atomic E-state index is 13.4. The number of urea groups is 1. The number of nitrogens with one attached hydrogen (secondary N) is 3. The summed E-state index contributed by atoms with van der Waals surface area (Å²) in [6.45, 7) is 18.9. The lowest BCUT2D eigenvalue weighted by molar-refractivity contribution is -0.130. The van der Waals surface area contributed by atoms with Gasteiger partial charge in [-0.1, -0.05) is 39.3 Å². The fourth-order valence-corrected chi connectivity index (χ4v) is 3.91. The Morgan fingerprint density at radius 1 is 1.12 bits per heavy atom. The topological polar surface area (TPSA) is 104 Å². The molecule has 0 radical (unpaired) electrons. The molecule has 186 valence electrons. The van der Waals surface area contributed by atoms with E-state index in [1.807, 2.05) is 33.8 Å². The lowest BCUT2D eigenvalue weighted by Crippen LogP contribution is -2.53. The second-order valence-corrected chi connectivity index (χ2v) is 11.1. The first kappa shape index (κ1) is 28.6. The van der Waals surface area contributed by atoms with Gasteiger partial charge in [0.25, 0.3) is 0 Å². The summed E-state index contributed by atoms with van der Waals surface area (Å²) in [5.41, 5.74) is 0.327. The van der Waals surface area contributed by atoms with E-state index in [-0.39, 0.29) is 35.4 Å². The fourth-order valence-electron chi connectivity index (χ4n) is 3.91. The first-order chi connectivity index (χ1) is 14.9. The summed E-state index contributed by atoms with van der Waals surface area (Å²) in [6.07, 6.45) is 2.35. The Hall–Kier alpha value is -2.44. The maximum Gasteiger partial charge on any atom is 0.315 e. The molecule has 1 aliphatic rings. The summed E-state index contributed by atoms with van der Waals surface area (Å²) in [6, 6.07) is -0.805. The number of Topliss-reactive ketones (excluding diaryl/α,β-unsaturated/α-hetero) is 2. The Labute approximate surface area is 199 Å². The summed E-state index contributed by atoms with van der Waals surface area (Å²) >= 11 is 0. The number of hydrogen-bond donors (Lipinski definition) is 3. The zero-order valence-electron chi connectivity index (χ0n) is 22.3. The van der Waals surface area contributed by atoms with Crippen molar-refractivity contribution in [2.75, 3.05) is 7.05 Å². The SMILES string of the molecule is CNC(=O)NC(C)(C)C(=O)C[C@@H]1C(=O)N[C@@H](C)/C(C)=C(\C)C(=O)CC(C)(C)C(C)(C)C=C1C. The van der Waals surface area contributed by atoms with Gasteiger partial charge in [0.15, 0.2) is 11.6 Å². The second kappa shape index (κ2) is 10.2. The molecule has 1 rings (SSSR count). The highest BCUT2D eigenvalue weighted by Crippen LogP contribution is 2.45. The van der Waals surface area contributed by atoms with E-state index in [0.717, 1.165) is 11.1 Å². The minimum Gasteiger partial charge on any atom is -0.349 e. The molecule has 7 nitrogen and oxygen atoms in total. The molecular weight excluding hydrogens is 418 g/mol. The largest absolute Gasteiger partial charge is 0.349 e. The molecule has 0 fully saturated rings. The number of carbonyl (C=O) groups is 4. The maximum atomic E-state index is 13.4. The van der Waals surface area contributed by atoms with Crippen molar-refractivity contribution in [1.82, 2.24) is 16.0 Å². The summed E-state index contributed by atoms with van der Waals surface area (Å²) in [4.78, 5) is 51.4. The van der Waals surface area contributed by atoms with Gasteiger partial charge in [-0.05, 0) is 63.5 Å². The highest BCUT2D eigenvalue weighted by Gasteiger charge is 2.40. The van der Waals surface area contributed by atoms with Crippen LogP contribution in [0.2, 0.25) is 0 Å². The highest BCUT2D eigenvalue weighted by molar-refractivity contribution is 5.97. The van der Waals surface area contributed by atoms with Crippen molar-refractivity contribution in [1.29, 1.82) is 0 Å². The lowest BCUT2D eigenvalue weighted by Gasteiger charge is -2.41. The third-order valence-electron chi connectivity index (χ3n) is 7.56. The summed E-state index contributed by atoms with van der Waals surface area (Å²) < 4.78 is 0. The molecule has 0 saturated heterocycles. The molecule has 7 heteroatoms. The van der Waals surface area contributed by atoms with E-state index < -0.39 is 22.9 Å². The van der Waals surface area contributed by atoms with Crippen molar-refractivity contribution in [3.8, 4) is 0 Å². The Morgan fingerprint density at radius 2 is 1.67 bits per heavy atom. The van der Waals surface area contributed by atoms with Crippen LogP contribution in [0.15, 0.2) is 22.8 Å². The Bertz CT molecular complexity index is 878. The minimum absolute atomic E-state index is 0.0466. The first-order valence-electron chi connectivity index (χ1n) is 11.6. The number of hydrogen-bond acceptors (Lipinski definition) is 4. The van der Waals surface area contributed by atoms with E-state index in [9.17, 15) is 19.2 Å². The number of amides is 3. The molecule has 0 aliphatic carbocycles. The van der Waals surface area contributed by atoms with Gasteiger partial charge < -0.3 is 16.0 Å². The van der Waals surface area contributed by atoms with Crippen LogP contribution in [0.25, 0.3) is 0 Å². The molecule has 3 amide bonds. The van der Waals surface area contributed by atoms with Crippen LogP contribution in [0, 0.1) is 16.7 Å². The van der Waals surface area contributed by atoms with Crippen LogP contribution in [0.1, 0.15) is 82.1 Å². The smallest absolute Gasteiger partial charge is 0.315 e. The predicted octanol–water partition coefficient (Wildman–Crippen LogP) is 4.08. The van der Waals surface area contributed by atoms with Crippen molar-refractivity contribution < 1.29 is 19.2 Å². The van der Waals surface area contributed by atoms with Gasteiger partial charge in [0.05, 0.1) is 11.5 Å². The Kier molecular flexibility index (Phi) is 8.86. The van der Waals surface area contributed by atoms with Crippen molar-refractivity contribution in [3.05, 3.63) is 22.8 Å². The van der Waals surface area contributed by atoms with Crippen LogP contribution in [0.4, 0.5) is 4.79 Å². The molecule has 0 saturated carbocycles. The molecule has 0 aromatic carbocycles. The molecule has 0 aromatic heterocycles. The van der Waals surface area contributed by atoms with Crippen LogP contribution in [-0.4, -0.2) is 42.1 Å². The van der Waals surface area contributed by atoms with Gasteiger partial charge in [-0.3, -0.25) is 14.4 Å². The zero-order chi connectivity index (χ0) is 25.9. The van der Waals surface area contributed by atoms with E-state index in [4.69, 9.17) is 0 Å². The van der Waals surface area contributed by atoms with Gasteiger partial charge in [-0.2, -0.15) is 0 Å². The van der Waals surface area contributed by atoms with Crippen molar-refractivity contribution in [2.24, 2.45) is 16.7 Å². The number of ketones is 2. The summed E-state index contributed by atoms with van der Waals surface area (Å²) in [5.74, 6) is -1.13. The van der Waals surface area contributed by atoms with Crippen LogP contribution in [0.5, 0.6) is 0 Å². The summed E-state index contributed by atoms with van der Waals surface area (Å²) in [7, 11) is 1.48. The minimum atomic E-state index is -1.14. The van der Waals surface area contributed by atoms with Crippen molar-refractivity contribution >= 4 is 23.5 Å². The van der Waals surface area contributed by atoms with E-state index in [2.05, 4.69) is 43.6 Å². The zero-order valence-corrected chi connectivity index (χ0v) is 22.3. The quantitative estimate of drug-likeness (QED) is 0.549. The Morgan fingerprint density at radius 3 is 2.18 bits per heavy atom. The number of allylic oxidation sites excluding steroid dienone is 2. The van der Waals surface area contributed by atoms with Gasteiger partial charge in [-0.25, -0.2) is 4.79 Å². The number of carbonyl (C=O) groups excluding carboxylic acids is 4. The number of rotatable bonds is 4. The molecule has 0 spiro atoms. The van der Waals surface area contributed by atoms with E-state index >= 15 is 0 Å². The molecule has 1 aliphatic heterocycles. The third kappa shape index (κ3) is 6.78. The second-order valence-electron chi connectivity index (χ2n) is 11.1. The molecule has 3 N–H and O–H groups in total. The monoisotopic (exact) mass is 461 g/mol. The van der Waals surface area contributed by atoms with Crippen LogP contribution < -0.4 is 16.0 Å². The third-order valence-corrected chi connectivity index (χ3v) is 7.56. The standard InChI is InChI=1S/C26H43N3O4/c1-15-13-24(5,6)25(7,8)14-20(30)17(3)16(2)18(4)28-22(32)19(15)12-21(31)26(9,10)29-23(33)27-11/h13,18-19H,12,14H2,1-11H3,(H,28,32)(H2,27,29,33)/b15-13?,17-16+/t18-,19-/m0/s1. The molecular formula is C26H43N3O4. The molecule has 33 heavy (non-hydrogen) atoms. The highest BCUT2D eigenvalue weighted by atomic mass is 16.2. The summed E-state index contributed by atoms with van der Waals surface area (Å²) in [5, 5.41) is 8.10. The fraction of sp³-hybridized carbons (Fsp3) is 0.692. The Balaban J connectivity index is 3.51. The van der Waals surface area contributed by atoms with Crippen LogP contribution in [-0.2, 0) is 14.4 Å². The van der Waals surface area contributed by atoms with Crippen molar-refractivity contribution in [2.45, 2.75) is 93.7 Å². The van der Waals surface area contributed by atoms with E-state index in [1.165, 1.54) is 7.05 Å². The molecule has 0 bridgehead atoms. The van der Waals surface area contributed by atoms with Gasteiger partial charge in [0.1, 0.15) is 0 Å². The normalized spacial score (nSPS) is 26.3. The molecule has 1 heterocycles. The first-order valence-corrected chi connectivity index (χ1v) is 11.6. The average molecular weight is 462 g/mol. The van der Waals surface area contributed by atoms with Gasteiger partial charge in [0.2, 0.25) is 5.91 Å². The molecule has 0 unspecified atom stereocenters. The lowest BCUT2D eigenvalue weighted by atomic mass is 9.63. The van der Waals surface area contributed by atoms with Gasteiger partial charge in [0, 0.05) is 25.9 Å². The van der Waals surface area contributed by atoms with Gasteiger partial charge in [-0.15, -0.1) is 0 Å². The van der Waals surface area contributed by atoms with Crippen LogP contribution in [0.3, 0.4) is 0 Å². The van der Waals surface area contributed by atoms with Crippen LogP contribution >= 0.6 is 0 Å².